The molecule has 1 aromatic rings. The van der Waals surface area contributed by atoms with Gasteiger partial charge < -0.3 is 15.5 Å². The third kappa shape index (κ3) is 4.87. The molecule has 2 N–H and O–H groups in total. The van der Waals surface area contributed by atoms with Gasteiger partial charge in [-0.3, -0.25) is 0 Å². The number of nitrogens with two attached hydrogens (primary N) is 1. The van der Waals surface area contributed by atoms with Gasteiger partial charge in [0.05, 0.1) is 0 Å². The van der Waals surface area contributed by atoms with Crippen molar-refractivity contribution in [2.45, 2.75) is 38.6 Å². The Morgan fingerprint density at radius 3 is 2.71 bits per heavy atom. The van der Waals surface area contributed by atoms with Gasteiger partial charge in [0.25, 0.3) is 0 Å². The summed E-state index contributed by atoms with van der Waals surface area (Å²) in [4.78, 5) is 4.86. The van der Waals surface area contributed by atoms with E-state index in [4.69, 9.17) is 17.3 Å². The smallest absolute Gasteiger partial charge is 0.0426 e. The molecule has 2 rings (SSSR count). The molecule has 0 spiro atoms. The molecule has 1 aliphatic rings. The Kier molecular flexibility index (Phi) is 6.34. The quantitative estimate of drug-likeness (QED) is 0.840. The van der Waals surface area contributed by atoms with Crippen LogP contribution >= 0.6 is 11.6 Å². The van der Waals surface area contributed by atoms with Gasteiger partial charge in [0.1, 0.15) is 0 Å². The Hall–Kier alpha value is -0.770. The third-order valence-electron chi connectivity index (χ3n) is 4.42. The molecular weight excluding hydrogens is 282 g/mol. The van der Waals surface area contributed by atoms with Crippen LogP contribution in [-0.4, -0.2) is 44.2 Å². The number of nitrogens with zero attached hydrogens (tertiary/aromatic N) is 2. The zero-order valence-corrected chi connectivity index (χ0v) is 14.1. The van der Waals surface area contributed by atoms with E-state index >= 15 is 0 Å². The van der Waals surface area contributed by atoms with Gasteiger partial charge in [0, 0.05) is 36.9 Å². The van der Waals surface area contributed by atoms with Gasteiger partial charge in [-0.2, -0.15) is 0 Å². The van der Waals surface area contributed by atoms with Crippen LogP contribution in [0, 0.1) is 0 Å². The molecule has 21 heavy (non-hydrogen) atoms. The molecule has 3 nitrogen and oxygen atoms in total. The molecule has 0 aromatic heterocycles. The molecule has 1 aromatic carbocycles. The summed E-state index contributed by atoms with van der Waals surface area (Å²) in [5.74, 6) is 0. The first-order chi connectivity index (χ1) is 10.1. The number of benzene rings is 1. The van der Waals surface area contributed by atoms with E-state index in [2.05, 4.69) is 35.9 Å². The van der Waals surface area contributed by atoms with Crippen LogP contribution in [-0.2, 0) is 6.42 Å². The number of hydrogen-bond acceptors (Lipinski definition) is 3. The first-order valence-electron chi connectivity index (χ1n) is 8.07. The van der Waals surface area contributed by atoms with Crippen molar-refractivity contribution in [2.75, 3.05) is 38.1 Å². The summed E-state index contributed by atoms with van der Waals surface area (Å²) in [5.41, 5.74) is 8.66. The first-order valence-corrected chi connectivity index (χ1v) is 8.45. The molecule has 0 radical (unpaired) electrons. The van der Waals surface area contributed by atoms with Crippen LogP contribution in [0.2, 0.25) is 5.02 Å². The number of anilines is 1. The lowest BCUT2D eigenvalue weighted by atomic mass is 10.0. The number of hydrogen-bond donors (Lipinski definition) is 1. The van der Waals surface area contributed by atoms with Gasteiger partial charge in [-0.05, 0) is 56.5 Å². The zero-order valence-electron chi connectivity index (χ0n) is 13.3. The predicted octanol–water partition coefficient (Wildman–Crippen LogP) is 3.15. The van der Waals surface area contributed by atoms with Crippen molar-refractivity contribution >= 4 is 17.3 Å². The molecule has 1 heterocycles. The topological polar surface area (TPSA) is 32.5 Å². The second-order valence-electron chi connectivity index (χ2n) is 6.12. The first kappa shape index (κ1) is 16.6. The van der Waals surface area contributed by atoms with Crippen LogP contribution in [0.4, 0.5) is 5.69 Å². The normalized spacial score (nSPS) is 17.1. The molecule has 118 valence electrons. The summed E-state index contributed by atoms with van der Waals surface area (Å²) in [6.07, 6.45) is 4.60. The molecular formula is C17H28ClN3. The zero-order chi connectivity index (χ0) is 15.2. The van der Waals surface area contributed by atoms with E-state index in [0.717, 1.165) is 31.0 Å². The average molecular weight is 310 g/mol. The minimum Gasteiger partial charge on any atom is -0.373 e. The summed E-state index contributed by atoms with van der Waals surface area (Å²) >= 11 is 6.19. The predicted molar refractivity (Wildman–Crippen MR) is 92.4 cm³/mol. The highest BCUT2D eigenvalue weighted by atomic mass is 35.5. The van der Waals surface area contributed by atoms with Crippen molar-refractivity contribution < 1.29 is 0 Å². The minimum atomic E-state index is 0.219. The Morgan fingerprint density at radius 2 is 2.05 bits per heavy atom. The number of rotatable bonds is 7. The van der Waals surface area contributed by atoms with E-state index in [1.165, 1.54) is 37.2 Å². The van der Waals surface area contributed by atoms with Crippen molar-refractivity contribution in [1.29, 1.82) is 0 Å². The van der Waals surface area contributed by atoms with E-state index in [9.17, 15) is 0 Å². The Labute approximate surface area is 134 Å². The third-order valence-corrected chi connectivity index (χ3v) is 4.65. The van der Waals surface area contributed by atoms with Gasteiger partial charge in [-0.25, -0.2) is 0 Å². The van der Waals surface area contributed by atoms with Crippen LogP contribution in [0.1, 0.15) is 31.7 Å². The Bertz CT molecular complexity index is 444. The summed E-state index contributed by atoms with van der Waals surface area (Å²) in [7, 11) is 2.16. The van der Waals surface area contributed by atoms with Crippen LogP contribution < -0.4 is 10.6 Å². The molecule has 1 saturated heterocycles. The highest BCUT2D eigenvalue weighted by molar-refractivity contribution is 6.30. The molecule has 1 fully saturated rings. The molecule has 0 bridgehead atoms. The van der Waals surface area contributed by atoms with E-state index in [1.54, 1.807) is 0 Å². The van der Waals surface area contributed by atoms with Crippen molar-refractivity contribution in [2.24, 2.45) is 5.73 Å². The van der Waals surface area contributed by atoms with Gasteiger partial charge in [-0.1, -0.05) is 24.6 Å². The second kappa shape index (κ2) is 8.02. The van der Waals surface area contributed by atoms with Crippen LogP contribution in [0.25, 0.3) is 0 Å². The lowest BCUT2D eigenvalue weighted by molar-refractivity contribution is 0.346. The van der Waals surface area contributed by atoms with E-state index < -0.39 is 0 Å². The fourth-order valence-electron chi connectivity index (χ4n) is 2.91. The molecule has 1 atom stereocenters. The molecule has 0 saturated carbocycles. The fraction of sp³-hybridized carbons (Fsp3) is 0.647. The molecule has 4 heteroatoms. The van der Waals surface area contributed by atoms with Crippen LogP contribution in [0.3, 0.4) is 0 Å². The SMILES string of the molecule is CCC(N)Cc1ccc(Cl)cc1N(C)CCN1CCCC1. The van der Waals surface area contributed by atoms with E-state index in [0.29, 0.717) is 0 Å². The average Bonchev–Trinajstić information content (AvgIpc) is 2.99. The number of likely N-dealkylation sites (tertiary alicyclic amines) is 1. The van der Waals surface area contributed by atoms with Gasteiger partial charge in [-0.15, -0.1) is 0 Å². The van der Waals surface area contributed by atoms with Gasteiger partial charge in [0.2, 0.25) is 0 Å². The maximum Gasteiger partial charge on any atom is 0.0426 e. The highest BCUT2D eigenvalue weighted by Crippen LogP contribution is 2.25. The molecule has 0 amide bonds. The summed E-state index contributed by atoms with van der Waals surface area (Å²) in [6, 6.07) is 6.39. The largest absolute Gasteiger partial charge is 0.373 e. The summed E-state index contributed by atoms with van der Waals surface area (Å²) < 4.78 is 0. The van der Waals surface area contributed by atoms with Crippen LogP contribution in [0.15, 0.2) is 18.2 Å². The second-order valence-corrected chi connectivity index (χ2v) is 6.55. The van der Waals surface area contributed by atoms with Crippen molar-refractivity contribution in [3.05, 3.63) is 28.8 Å². The maximum atomic E-state index is 6.19. The molecule has 1 unspecified atom stereocenters. The Morgan fingerprint density at radius 1 is 1.33 bits per heavy atom. The van der Waals surface area contributed by atoms with Gasteiger partial charge >= 0.3 is 0 Å². The monoisotopic (exact) mass is 309 g/mol. The lowest BCUT2D eigenvalue weighted by Gasteiger charge is -2.26. The maximum absolute atomic E-state index is 6.19. The highest BCUT2D eigenvalue weighted by Gasteiger charge is 2.14. The van der Waals surface area contributed by atoms with E-state index in [1.807, 2.05) is 6.07 Å². The summed E-state index contributed by atoms with van der Waals surface area (Å²) in [6.45, 7) is 6.79. The van der Waals surface area contributed by atoms with Crippen molar-refractivity contribution in [3.63, 3.8) is 0 Å². The van der Waals surface area contributed by atoms with E-state index in [-0.39, 0.29) is 6.04 Å². The van der Waals surface area contributed by atoms with Crippen molar-refractivity contribution in [3.8, 4) is 0 Å². The number of halogens is 1. The molecule has 0 aliphatic carbocycles. The number of likely N-dealkylation sites (N-methyl/N-ethyl adjacent to an activating group) is 1. The van der Waals surface area contributed by atoms with Crippen LogP contribution in [0.5, 0.6) is 0 Å². The standard InChI is InChI=1S/C17H28ClN3/c1-3-16(19)12-14-6-7-15(18)13-17(14)20(2)10-11-21-8-4-5-9-21/h6-7,13,16H,3-5,8-12,19H2,1-2H3. The fourth-order valence-corrected chi connectivity index (χ4v) is 3.08. The lowest BCUT2D eigenvalue weighted by Crippen LogP contribution is -2.32. The van der Waals surface area contributed by atoms with Crippen molar-refractivity contribution in [1.82, 2.24) is 4.90 Å². The summed E-state index contributed by atoms with van der Waals surface area (Å²) in [5, 5.41) is 0.798. The van der Waals surface area contributed by atoms with Gasteiger partial charge in [0.15, 0.2) is 0 Å². The molecule has 1 aliphatic heterocycles. The Balaban J connectivity index is 2.02. The minimum absolute atomic E-state index is 0.219.